The second-order valence-corrected chi connectivity index (χ2v) is 2.50. The Morgan fingerprint density at radius 2 is 1.62 bits per heavy atom. The Morgan fingerprint density at radius 1 is 1.00 bits per heavy atom. The summed E-state index contributed by atoms with van der Waals surface area (Å²) in [4.78, 5) is 8.53. The van der Waals surface area contributed by atoms with Crippen LogP contribution in [0.4, 0.5) is 0 Å². The first-order valence-electron chi connectivity index (χ1n) is 4.55. The Hall–Kier alpha value is -1.44. The number of aromatic nitrogens is 2. The molecule has 0 unspecified atom stereocenters. The topological polar surface area (TPSA) is 25.8 Å². The van der Waals surface area contributed by atoms with Crippen molar-refractivity contribution >= 4 is 11.0 Å². The summed E-state index contributed by atoms with van der Waals surface area (Å²) in [6, 6.07) is 7.86. The number of benzene rings is 1. The summed E-state index contributed by atoms with van der Waals surface area (Å²) in [5.74, 6) is 0. The maximum atomic E-state index is 4.31. The molecule has 13 heavy (non-hydrogen) atoms. The molecule has 1 heterocycles. The van der Waals surface area contributed by atoms with E-state index in [-0.39, 0.29) is 0 Å². The van der Waals surface area contributed by atoms with Crippen LogP contribution in [0.5, 0.6) is 0 Å². The van der Waals surface area contributed by atoms with Crippen LogP contribution in [0.3, 0.4) is 0 Å². The van der Waals surface area contributed by atoms with E-state index in [1.165, 1.54) is 0 Å². The summed E-state index contributed by atoms with van der Waals surface area (Å²) < 4.78 is 0. The Labute approximate surface area is 78.7 Å². The van der Waals surface area contributed by atoms with Gasteiger partial charge in [0.15, 0.2) is 0 Å². The van der Waals surface area contributed by atoms with Gasteiger partial charge in [-0.1, -0.05) is 26.0 Å². The molecule has 0 aliphatic carbocycles. The van der Waals surface area contributed by atoms with Crippen molar-refractivity contribution in [1.82, 2.24) is 9.97 Å². The van der Waals surface area contributed by atoms with Crippen LogP contribution in [-0.2, 0) is 0 Å². The first-order chi connectivity index (χ1) is 6.36. The largest absolute Gasteiger partial charge is 0.253 e. The van der Waals surface area contributed by atoms with Crippen LogP contribution in [0.15, 0.2) is 30.5 Å². The van der Waals surface area contributed by atoms with Gasteiger partial charge < -0.3 is 0 Å². The summed E-state index contributed by atoms with van der Waals surface area (Å²) in [5, 5.41) is 0. The highest BCUT2D eigenvalue weighted by atomic mass is 14.8. The van der Waals surface area contributed by atoms with Crippen LogP contribution in [0.25, 0.3) is 11.0 Å². The normalized spacial score (nSPS) is 9.15. The van der Waals surface area contributed by atoms with E-state index in [4.69, 9.17) is 0 Å². The molecule has 2 rings (SSSR count). The molecule has 0 spiro atoms. The van der Waals surface area contributed by atoms with Crippen LogP contribution in [0, 0.1) is 6.92 Å². The van der Waals surface area contributed by atoms with Crippen molar-refractivity contribution in [2.24, 2.45) is 0 Å². The monoisotopic (exact) mass is 174 g/mol. The summed E-state index contributed by atoms with van der Waals surface area (Å²) in [6.07, 6.45) is 1.78. The van der Waals surface area contributed by atoms with Gasteiger partial charge in [0.2, 0.25) is 0 Å². The first kappa shape index (κ1) is 9.65. The Kier molecular flexibility index (Phi) is 3.38. The Balaban J connectivity index is 0.000000396. The molecule has 2 aromatic rings. The van der Waals surface area contributed by atoms with E-state index in [0.29, 0.717) is 0 Å². The molecule has 0 saturated carbocycles. The molecule has 0 saturated heterocycles. The lowest BCUT2D eigenvalue weighted by Gasteiger charge is -1.95. The molecule has 1 aromatic heterocycles. The molecule has 0 aliphatic heterocycles. The molecule has 2 nitrogen and oxygen atoms in total. The standard InChI is InChI=1S/C9H8N2.C2H6/c1-7-6-10-8-4-2-3-5-9(8)11-7;1-2/h2-6H,1H3;1-2H3. The molecule has 0 radical (unpaired) electrons. The molecule has 1 aromatic carbocycles. The SMILES string of the molecule is CC.Cc1cnc2ccccc2n1. The van der Waals surface area contributed by atoms with Crippen LogP contribution >= 0.6 is 0 Å². The van der Waals surface area contributed by atoms with E-state index in [1.807, 2.05) is 45.0 Å². The lowest BCUT2D eigenvalue weighted by molar-refractivity contribution is 1.19. The second-order valence-electron chi connectivity index (χ2n) is 2.50. The lowest BCUT2D eigenvalue weighted by Crippen LogP contribution is -1.85. The van der Waals surface area contributed by atoms with E-state index in [9.17, 15) is 0 Å². The molecule has 0 aliphatic rings. The minimum Gasteiger partial charge on any atom is -0.253 e. The van der Waals surface area contributed by atoms with Crippen molar-refractivity contribution in [3.05, 3.63) is 36.2 Å². The maximum absolute atomic E-state index is 4.31. The van der Waals surface area contributed by atoms with Crippen LogP contribution in [0.2, 0.25) is 0 Å². The molecule has 2 heteroatoms. The van der Waals surface area contributed by atoms with E-state index >= 15 is 0 Å². The fraction of sp³-hybridized carbons (Fsp3) is 0.273. The van der Waals surface area contributed by atoms with Gasteiger partial charge in [-0.3, -0.25) is 4.98 Å². The van der Waals surface area contributed by atoms with Gasteiger partial charge in [0, 0.05) is 6.20 Å². The zero-order valence-corrected chi connectivity index (χ0v) is 8.28. The number of nitrogens with zero attached hydrogens (tertiary/aromatic N) is 2. The average Bonchev–Trinajstić information content (AvgIpc) is 2.21. The van der Waals surface area contributed by atoms with E-state index in [1.54, 1.807) is 6.20 Å². The zero-order valence-electron chi connectivity index (χ0n) is 8.28. The van der Waals surface area contributed by atoms with Gasteiger partial charge in [-0.2, -0.15) is 0 Å². The molecule has 0 fully saturated rings. The van der Waals surface area contributed by atoms with Crippen LogP contribution in [0.1, 0.15) is 19.5 Å². The predicted molar refractivity (Wildman–Crippen MR) is 55.6 cm³/mol. The maximum Gasteiger partial charge on any atom is 0.0889 e. The van der Waals surface area contributed by atoms with Crippen molar-refractivity contribution in [1.29, 1.82) is 0 Å². The Morgan fingerprint density at radius 3 is 2.31 bits per heavy atom. The highest BCUT2D eigenvalue weighted by Crippen LogP contribution is 2.06. The zero-order chi connectivity index (χ0) is 9.68. The minimum atomic E-state index is 0.957. The predicted octanol–water partition coefficient (Wildman–Crippen LogP) is 2.96. The summed E-state index contributed by atoms with van der Waals surface area (Å²) in [7, 11) is 0. The van der Waals surface area contributed by atoms with E-state index < -0.39 is 0 Å². The van der Waals surface area contributed by atoms with Crippen molar-refractivity contribution in [3.8, 4) is 0 Å². The number of aryl methyl sites for hydroxylation is 1. The van der Waals surface area contributed by atoms with E-state index in [0.717, 1.165) is 16.7 Å². The molecule has 0 amide bonds. The number of hydrogen-bond donors (Lipinski definition) is 0. The number of fused-ring (bicyclic) bond motifs is 1. The van der Waals surface area contributed by atoms with Gasteiger partial charge in [-0.05, 0) is 19.1 Å². The fourth-order valence-electron chi connectivity index (χ4n) is 1.05. The van der Waals surface area contributed by atoms with Gasteiger partial charge in [0.1, 0.15) is 0 Å². The second kappa shape index (κ2) is 4.55. The summed E-state index contributed by atoms with van der Waals surface area (Å²) >= 11 is 0. The Bertz CT molecular complexity index is 383. The van der Waals surface area contributed by atoms with Crippen molar-refractivity contribution in [3.63, 3.8) is 0 Å². The van der Waals surface area contributed by atoms with Crippen LogP contribution < -0.4 is 0 Å². The molecule has 0 bridgehead atoms. The third-order valence-electron chi connectivity index (χ3n) is 1.57. The molecular formula is C11H14N2. The quantitative estimate of drug-likeness (QED) is 0.613. The van der Waals surface area contributed by atoms with Gasteiger partial charge in [0.25, 0.3) is 0 Å². The van der Waals surface area contributed by atoms with E-state index in [2.05, 4.69) is 9.97 Å². The number of rotatable bonds is 0. The summed E-state index contributed by atoms with van der Waals surface area (Å²) in [6.45, 7) is 5.94. The lowest BCUT2D eigenvalue weighted by atomic mass is 10.3. The average molecular weight is 174 g/mol. The van der Waals surface area contributed by atoms with Gasteiger partial charge in [-0.15, -0.1) is 0 Å². The highest BCUT2D eigenvalue weighted by molar-refractivity contribution is 5.73. The summed E-state index contributed by atoms with van der Waals surface area (Å²) in [5.41, 5.74) is 2.88. The highest BCUT2D eigenvalue weighted by Gasteiger charge is 1.92. The number of hydrogen-bond acceptors (Lipinski definition) is 2. The minimum absolute atomic E-state index is 0.957. The van der Waals surface area contributed by atoms with Gasteiger partial charge in [0.05, 0.1) is 16.7 Å². The fourth-order valence-corrected chi connectivity index (χ4v) is 1.05. The number of para-hydroxylation sites is 2. The van der Waals surface area contributed by atoms with Crippen molar-refractivity contribution in [2.75, 3.05) is 0 Å². The van der Waals surface area contributed by atoms with Crippen molar-refractivity contribution < 1.29 is 0 Å². The van der Waals surface area contributed by atoms with Gasteiger partial charge >= 0.3 is 0 Å². The molecular weight excluding hydrogens is 160 g/mol. The molecule has 0 atom stereocenters. The molecule has 68 valence electrons. The third kappa shape index (κ3) is 2.25. The smallest absolute Gasteiger partial charge is 0.0889 e. The third-order valence-corrected chi connectivity index (χ3v) is 1.57. The van der Waals surface area contributed by atoms with Gasteiger partial charge in [-0.25, -0.2) is 4.98 Å². The molecule has 0 N–H and O–H groups in total. The first-order valence-corrected chi connectivity index (χ1v) is 4.55. The van der Waals surface area contributed by atoms with Crippen LogP contribution in [-0.4, -0.2) is 9.97 Å². The van der Waals surface area contributed by atoms with Crippen molar-refractivity contribution in [2.45, 2.75) is 20.8 Å².